The number of carbonyl (C=O) groups is 2. The lowest BCUT2D eigenvalue weighted by Gasteiger charge is -2.08. The normalized spacial score (nSPS) is 10.0. The molecule has 0 amide bonds. The van der Waals surface area contributed by atoms with E-state index in [4.69, 9.17) is 14.6 Å². The van der Waals surface area contributed by atoms with Gasteiger partial charge in [-0.15, -0.1) is 0 Å². The molecule has 0 heterocycles. The highest BCUT2D eigenvalue weighted by atomic mass is 16.5. The highest BCUT2D eigenvalue weighted by Gasteiger charge is 2.03. The maximum atomic E-state index is 10.8. The van der Waals surface area contributed by atoms with Gasteiger partial charge in [-0.2, -0.15) is 0 Å². The first-order valence-corrected chi connectivity index (χ1v) is 6.72. The lowest BCUT2D eigenvalue weighted by atomic mass is 10.1. The number of hydrogen-bond donors (Lipinski definition) is 1. The molecule has 0 aromatic heterocycles. The van der Waals surface area contributed by atoms with Gasteiger partial charge in [-0.3, -0.25) is 4.79 Å². The van der Waals surface area contributed by atoms with Crippen LogP contribution < -0.4 is 4.74 Å². The number of carbonyl (C=O) groups excluding carboxylic acids is 1. The van der Waals surface area contributed by atoms with Gasteiger partial charge in [0.2, 0.25) is 0 Å². The standard InChI is InChI=1S/C17H16O5/c1-12(18)21-10-14-4-8-16(9-5-14)22-11-13-2-6-15(7-3-13)17(19)20/h2-9H,10-11H2,1H3,(H,19,20). The van der Waals surface area contributed by atoms with Crippen LogP contribution in [0.25, 0.3) is 0 Å². The first kappa shape index (κ1) is 15.6. The molecular formula is C17H16O5. The van der Waals surface area contributed by atoms with Gasteiger partial charge in [0.1, 0.15) is 19.0 Å². The molecule has 0 saturated carbocycles. The fourth-order valence-electron chi connectivity index (χ4n) is 1.78. The highest BCUT2D eigenvalue weighted by Crippen LogP contribution is 2.15. The van der Waals surface area contributed by atoms with E-state index in [0.717, 1.165) is 11.1 Å². The van der Waals surface area contributed by atoms with Crippen molar-refractivity contribution in [3.63, 3.8) is 0 Å². The largest absolute Gasteiger partial charge is 0.489 e. The molecule has 0 spiro atoms. The van der Waals surface area contributed by atoms with E-state index < -0.39 is 5.97 Å². The van der Waals surface area contributed by atoms with Crippen LogP contribution in [-0.4, -0.2) is 17.0 Å². The molecule has 114 valence electrons. The Labute approximate surface area is 128 Å². The minimum Gasteiger partial charge on any atom is -0.489 e. The quantitative estimate of drug-likeness (QED) is 0.830. The van der Waals surface area contributed by atoms with Crippen molar-refractivity contribution in [3.05, 3.63) is 65.2 Å². The van der Waals surface area contributed by atoms with Gasteiger partial charge in [-0.25, -0.2) is 4.79 Å². The van der Waals surface area contributed by atoms with Crippen LogP contribution >= 0.6 is 0 Å². The third-order valence-electron chi connectivity index (χ3n) is 2.97. The number of esters is 1. The van der Waals surface area contributed by atoms with E-state index in [9.17, 15) is 9.59 Å². The van der Waals surface area contributed by atoms with Crippen LogP contribution in [0.15, 0.2) is 48.5 Å². The Morgan fingerprint density at radius 2 is 1.45 bits per heavy atom. The average Bonchev–Trinajstić information content (AvgIpc) is 2.52. The number of rotatable bonds is 6. The summed E-state index contributed by atoms with van der Waals surface area (Å²) in [5.41, 5.74) is 2.01. The third-order valence-corrected chi connectivity index (χ3v) is 2.97. The van der Waals surface area contributed by atoms with Crippen molar-refractivity contribution in [2.45, 2.75) is 20.1 Å². The minimum absolute atomic E-state index is 0.242. The van der Waals surface area contributed by atoms with Crippen LogP contribution in [0, 0.1) is 0 Å². The SMILES string of the molecule is CC(=O)OCc1ccc(OCc2ccc(C(=O)O)cc2)cc1. The molecule has 0 bridgehead atoms. The molecule has 2 aromatic carbocycles. The molecule has 5 nitrogen and oxygen atoms in total. The molecule has 0 aliphatic rings. The van der Waals surface area contributed by atoms with Gasteiger partial charge >= 0.3 is 11.9 Å². The molecule has 2 aromatic rings. The Balaban J connectivity index is 1.88. The van der Waals surface area contributed by atoms with E-state index >= 15 is 0 Å². The van der Waals surface area contributed by atoms with Crippen LogP contribution in [0.3, 0.4) is 0 Å². The Bertz CT molecular complexity index is 644. The van der Waals surface area contributed by atoms with Crippen LogP contribution in [0.1, 0.15) is 28.4 Å². The van der Waals surface area contributed by atoms with Gasteiger partial charge in [0.05, 0.1) is 5.56 Å². The zero-order chi connectivity index (χ0) is 15.9. The monoisotopic (exact) mass is 300 g/mol. The maximum Gasteiger partial charge on any atom is 0.335 e. The molecule has 0 saturated heterocycles. The van der Waals surface area contributed by atoms with Gasteiger partial charge in [0.15, 0.2) is 0 Å². The Kier molecular flexibility index (Phi) is 5.14. The first-order chi connectivity index (χ1) is 10.5. The molecule has 5 heteroatoms. The topological polar surface area (TPSA) is 72.8 Å². The predicted octanol–water partition coefficient (Wildman–Crippen LogP) is 3.03. The van der Waals surface area contributed by atoms with E-state index in [1.807, 2.05) is 12.1 Å². The van der Waals surface area contributed by atoms with Crippen LogP contribution in [0.2, 0.25) is 0 Å². The lowest BCUT2D eigenvalue weighted by molar-refractivity contribution is -0.142. The number of carboxylic acid groups (broad SMARTS) is 1. The van der Waals surface area contributed by atoms with E-state index in [-0.39, 0.29) is 18.1 Å². The molecule has 0 unspecified atom stereocenters. The molecule has 0 atom stereocenters. The molecule has 0 radical (unpaired) electrons. The van der Waals surface area contributed by atoms with Gasteiger partial charge in [0.25, 0.3) is 0 Å². The maximum absolute atomic E-state index is 10.8. The molecule has 0 aliphatic carbocycles. The van der Waals surface area contributed by atoms with Gasteiger partial charge in [0, 0.05) is 6.92 Å². The lowest BCUT2D eigenvalue weighted by Crippen LogP contribution is -2.00. The Morgan fingerprint density at radius 1 is 0.909 bits per heavy atom. The van der Waals surface area contributed by atoms with Crippen molar-refractivity contribution in [3.8, 4) is 5.75 Å². The van der Waals surface area contributed by atoms with Crippen LogP contribution in [-0.2, 0) is 22.7 Å². The number of carboxylic acids is 1. The van der Waals surface area contributed by atoms with Crippen molar-refractivity contribution in [1.29, 1.82) is 0 Å². The van der Waals surface area contributed by atoms with Crippen LogP contribution in [0.5, 0.6) is 5.75 Å². The number of ether oxygens (including phenoxy) is 2. The highest BCUT2D eigenvalue weighted by molar-refractivity contribution is 5.87. The van der Waals surface area contributed by atoms with Crippen molar-refractivity contribution in [2.24, 2.45) is 0 Å². The summed E-state index contributed by atoms with van der Waals surface area (Å²) in [5.74, 6) is -0.574. The molecule has 22 heavy (non-hydrogen) atoms. The smallest absolute Gasteiger partial charge is 0.335 e. The Morgan fingerprint density at radius 3 is 2.00 bits per heavy atom. The second-order valence-electron chi connectivity index (χ2n) is 4.71. The second kappa shape index (κ2) is 7.26. The van der Waals surface area contributed by atoms with E-state index in [1.54, 1.807) is 36.4 Å². The number of benzene rings is 2. The van der Waals surface area contributed by atoms with Gasteiger partial charge in [-0.05, 0) is 35.4 Å². The fourth-order valence-corrected chi connectivity index (χ4v) is 1.78. The van der Waals surface area contributed by atoms with Crippen LogP contribution in [0.4, 0.5) is 0 Å². The summed E-state index contributed by atoms with van der Waals surface area (Å²) >= 11 is 0. The summed E-state index contributed by atoms with van der Waals surface area (Å²) in [5, 5.41) is 8.83. The van der Waals surface area contributed by atoms with Crippen molar-refractivity contribution >= 4 is 11.9 Å². The zero-order valence-electron chi connectivity index (χ0n) is 12.1. The second-order valence-corrected chi connectivity index (χ2v) is 4.71. The van der Waals surface area contributed by atoms with E-state index in [1.165, 1.54) is 6.92 Å². The zero-order valence-corrected chi connectivity index (χ0v) is 12.1. The summed E-state index contributed by atoms with van der Waals surface area (Å²) < 4.78 is 10.5. The van der Waals surface area contributed by atoms with Gasteiger partial charge < -0.3 is 14.6 Å². The van der Waals surface area contributed by atoms with Gasteiger partial charge in [-0.1, -0.05) is 24.3 Å². The minimum atomic E-state index is -0.948. The molecule has 0 aliphatic heterocycles. The average molecular weight is 300 g/mol. The summed E-state index contributed by atoms with van der Waals surface area (Å²) in [4.78, 5) is 21.5. The molecule has 0 fully saturated rings. The Hall–Kier alpha value is -2.82. The van der Waals surface area contributed by atoms with Crippen molar-refractivity contribution in [1.82, 2.24) is 0 Å². The molecule has 1 N–H and O–H groups in total. The van der Waals surface area contributed by atoms with Crippen molar-refractivity contribution < 1.29 is 24.2 Å². The molecule has 2 rings (SSSR count). The van der Waals surface area contributed by atoms with E-state index in [2.05, 4.69) is 0 Å². The number of aromatic carboxylic acids is 1. The summed E-state index contributed by atoms with van der Waals surface area (Å²) in [6.07, 6.45) is 0. The summed E-state index contributed by atoms with van der Waals surface area (Å²) in [7, 11) is 0. The third kappa shape index (κ3) is 4.63. The fraction of sp³-hybridized carbons (Fsp3) is 0.176. The first-order valence-electron chi connectivity index (χ1n) is 6.72. The van der Waals surface area contributed by atoms with E-state index in [0.29, 0.717) is 12.4 Å². The van der Waals surface area contributed by atoms with Crippen molar-refractivity contribution in [2.75, 3.05) is 0 Å². The number of hydrogen-bond acceptors (Lipinski definition) is 4. The summed E-state index contributed by atoms with van der Waals surface area (Å²) in [6.45, 7) is 1.96. The summed E-state index contributed by atoms with van der Waals surface area (Å²) in [6, 6.07) is 13.8. The predicted molar refractivity (Wildman–Crippen MR) is 79.6 cm³/mol. The molecular weight excluding hydrogens is 284 g/mol.